The number of nitrogens with one attached hydrogen (secondary N) is 1. The van der Waals surface area contributed by atoms with Crippen molar-refractivity contribution in [3.05, 3.63) is 40.6 Å². The van der Waals surface area contributed by atoms with Gasteiger partial charge in [0.25, 0.3) is 0 Å². The fourth-order valence-corrected chi connectivity index (χ4v) is 3.12. The van der Waals surface area contributed by atoms with Gasteiger partial charge >= 0.3 is 0 Å². The zero-order valence-corrected chi connectivity index (χ0v) is 12.9. The molecule has 0 saturated heterocycles. The first-order chi connectivity index (χ1) is 8.79. The Morgan fingerprint density at radius 2 is 2.17 bits per heavy atom. The molecule has 0 amide bonds. The van der Waals surface area contributed by atoms with Gasteiger partial charge in [0.1, 0.15) is 5.76 Å². The van der Waals surface area contributed by atoms with Gasteiger partial charge in [-0.05, 0) is 50.2 Å². The summed E-state index contributed by atoms with van der Waals surface area (Å²) in [6, 6.07) is 8.73. The summed E-state index contributed by atoms with van der Waals surface area (Å²) >= 11 is 5.30. The Labute approximate surface area is 121 Å². The summed E-state index contributed by atoms with van der Waals surface area (Å²) in [6.07, 6.45) is 4.49. The van der Waals surface area contributed by atoms with E-state index in [1.807, 2.05) is 18.8 Å². The molecule has 1 aliphatic rings. The Kier molecular flexibility index (Phi) is 5.60. The summed E-state index contributed by atoms with van der Waals surface area (Å²) in [5.41, 5.74) is 0. The van der Waals surface area contributed by atoms with Gasteiger partial charge in [-0.1, -0.05) is 15.9 Å². The van der Waals surface area contributed by atoms with Crippen molar-refractivity contribution in [3.8, 4) is 0 Å². The number of hydrogen-bond donors (Lipinski definition) is 1. The van der Waals surface area contributed by atoms with Crippen LogP contribution in [0.4, 0.5) is 0 Å². The van der Waals surface area contributed by atoms with E-state index in [0.717, 1.165) is 35.4 Å². The van der Waals surface area contributed by atoms with Crippen LogP contribution in [0.5, 0.6) is 0 Å². The van der Waals surface area contributed by atoms with Crippen LogP contribution in [-0.2, 0) is 4.74 Å². The molecule has 1 N–H and O–H groups in total. The summed E-state index contributed by atoms with van der Waals surface area (Å²) in [5, 5.41) is 3.33. The maximum Gasteiger partial charge on any atom is 0.110 e. The molecule has 1 aliphatic heterocycles. The highest BCUT2D eigenvalue weighted by molar-refractivity contribution is 9.10. The molecule has 0 aliphatic carbocycles. The third-order valence-corrected chi connectivity index (χ3v) is 4.52. The van der Waals surface area contributed by atoms with E-state index in [1.165, 1.54) is 4.90 Å². The van der Waals surface area contributed by atoms with E-state index in [-0.39, 0.29) is 0 Å². The lowest BCUT2D eigenvalue weighted by Gasteiger charge is -2.23. The SMILES string of the molecule is CNC(CSc1ccc(Br)cc1)C1=CCCCO1. The normalized spacial score (nSPS) is 16.9. The Morgan fingerprint density at radius 1 is 1.39 bits per heavy atom. The third kappa shape index (κ3) is 4.04. The standard InChI is InChI=1S/C14H18BrNOS/c1-16-13(14-4-2-3-9-17-14)10-18-12-7-5-11(15)6-8-12/h4-8,13,16H,2-3,9-10H2,1H3. The van der Waals surface area contributed by atoms with Crippen LogP contribution in [0, 0.1) is 0 Å². The molecule has 1 unspecified atom stereocenters. The second-order valence-corrected chi connectivity index (χ2v) is 6.21. The van der Waals surface area contributed by atoms with Crippen molar-refractivity contribution >= 4 is 27.7 Å². The van der Waals surface area contributed by atoms with Crippen molar-refractivity contribution in [2.45, 2.75) is 23.8 Å². The molecular formula is C14H18BrNOS. The van der Waals surface area contributed by atoms with Gasteiger partial charge in [-0.2, -0.15) is 0 Å². The molecule has 18 heavy (non-hydrogen) atoms. The maximum atomic E-state index is 5.72. The monoisotopic (exact) mass is 327 g/mol. The first-order valence-corrected chi connectivity index (χ1v) is 7.96. The molecule has 1 heterocycles. The molecule has 0 fully saturated rings. The first-order valence-electron chi connectivity index (χ1n) is 6.18. The van der Waals surface area contributed by atoms with E-state index in [1.54, 1.807) is 0 Å². The Bertz CT molecular complexity index is 405. The molecule has 1 aromatic carbocycles. The van der Waals surface area contributed by atoms with Crippen LogP contribution in [-0.4, -0.2) is 25.4 Å². The summed E-state index contributed by atoms with van der Waals surface area (Å²) in [6.45, 7) is 0.854. The summed E-state index contributed by atoms with van der Waals surface area (Å²) < 4.78 is 6.84. The lowest BCUT2D eigenvalue weighted by molar-refractivity contribution is 0.173. The second kappa shape index (κ2) is 7.22. The topological polar surface area (TPSA) is 21.3 Å². The Hall–Kier alpha value is -0.450. The predicted octanol–water partition coefficient (Wildman–Crippen LogP) is 3.82. The third-order valence-electron chi connectivity index (χ3n) is 2.88. The van der Waals surface area contributed by atoms with Gasteiger partial charge in [0.2, 0.25) is 0 Å². The van der Waals surface area contributed by atoms with Gasteiger partial charge in [0.05, 0.1) is 12.6 Å². The number of halogens is 1. The highest BCUT2D eigenvalue weighted by Crippen LogP contribution is 2.24. The van der Waals surface area contributed by atoms with Gasteiger partial charge in [-0.15, -0.1) is 11.8 Å². The number of allylic oxidation sites excluding steroid dienone is 1. The minimum absolute atomic E-state index is 0.305. The van der Waals surface area contributed by atoms with Crippen LogP contribution in [0.25, 0.3) is 0 Å². The van der Waals surface area contributed by atoms with Gasteiger partial charge in [0.15, 0.2) is 0 Å². The quantitative estimate of drug-likeness (QED) is 0.830. The number of benzene rings is 1. The minimum atomic E-state index is 0.305. The smallest absolute Gasteiger partial charge is 0.110 e. The average Bonchev–Trinajstić information content (AvgIpc) is 2.43. The zero-order valence-electron chi connectivity index (χ0n) is 10.5. The highest BCUT2D eigenvalue weighted by atomic mass is 79.9. The Balaban J connectivity index is 1.90. The Morgan fingerprint density at radius 3 is 2.78 bits per heavy atom. The van der Waals surface area contributed by atoms with Crippen LogP contribution < -0.4 is 5.32 Å². The van der Waals surface area contributed by atoms with E-state index in [4.69, 9.17) is 4.74 Å². The molecule has 1 aromatic rings. The summed E-state index contributed by atoms with van der Waals surface area (Å²) in [4.78, 5) is 1.29. The summed E-state index contributed by atoms with van der Waals surface area (Å²) in [7, 11) is 1.99. The van der Waals surface area contributed by atoms with Gasteiger partial charge < -0.3 is 10.1 Å². The van der Waals surface area contributed by atoms with Crippen LogP contribution in [0.2, 0.25) is 0 Å². The summed E-state index contributed by atoms with van der Waals surface area (Å²) in [5.74, 6) is 2.10. The highest BCUT2D eigenvalue weighted by Gasteiger charge is 2.16. The number of thioether (sulfide) groups is 1. The molecule has 0 saturated carbocycles. The fraction of sp³-hybridized carbons (Fsp3) is 0.429. The molecule has 0 spiro atoms. The van der Waals surface area contributed by atoms with Crippen molar-refractivity contribution in [1.82, 2.24) is 5.32 Å². The largest absolute Gasteiger partial charge is 0.497 e. The zero-order chi connectivity index (χ0) is 12.8. The predicted molar refractivity (Wildman–Crippen MR) is 81.0 cm³/mol. The molecule has 2 nitrogen and oxygen atoms in total. The van der Waals surface area contributed by atoms with Crippen LogP contribution in [0.1, 0.15) is 12.8 Å². The molecule has 0 radical (unpaired) electrons. The van der Waals surface area contributed by atoms with Gasteiger partial charge in [0, 0.05) is 15.1 Å². The average molecular weight is 328 g/mol. The van der Waals surface area contributed by atoms with Gasteiger partial charge in [-0.25, -0.2) is 0 Å². The fourth-order valence-electron chi connectivity index (χ4n) is 1.84. The molecule has 4 heteroatoms. The van der Waals surface area contributed by atoms with E-state index in [2.05, 4.69) is 51.6 Å². The van der Waals surface area contributed by atoms with E-state index in [9.17, 15) is 0 Å². The lowest BCUT2D eigenvalue weighted by Crippen LogP contribution is -2.32. The van der Waals surface area contributed by atoms with Gasteiger partial charge in [-0.3, -0.25) is 0 Å². The molecular weight excluding hydrogens is 310 g/mol. The van der Waals surface area contributed by atoms with E-state index >= 15 is 0 Å². The molecule has 1 atom stereocenters. The minimum Gasteiger partial charge on any atom is -0.497 e. The van der Waals surface area contributed by atoms with E-state index in [0.29, 0.717) is 6.04 Å². The molecule has 98 valence electrons. The molecule has 0 aromatic heterocycles. The van der Waals surface area contributed by atoms with Crippen LogP contribution >= 0.6 is 27.7 Å². The molecule has 0 bridgehead atoms. The van der Waals surface area contributed by atoms with Crippen molar-refractivity contribution in [2.24, 2.45) is 0 Å². The first kappa shape index (κ1) is 14.0. The lowest BCUT2D eigenvalue weighted by atomic mass is 10.2. The van der Waals surface area contributed by atoms with Crippen molar-refractivity contribution < 1.29 is 4.74 Å². The van der Waals surface area contributed by atoms with Crippen molar-refractivity contribution in [3.63, 3.8) is 0 Å². The van der Waals surface area contributed by atoms with E-state index < -0.39 is 0 Å². The number of ether oxygens (including phenoxy) is 1. The molecule has 2 rings (SSSR count). The number of likely N-dealkylation sites (N-methyl/N-ethyl adjacent to an activating group) is 1. The second-order valence-electron chi connectivity index (χ2n) is 4.20. The van der Waals surface area contributed by atoms with Crippen molar-refractivity contribution in [1.29, 1.82) is 0 Å². The number of hydrogen-bond acceptors (Lipinski definition) is 3. The van der Waals surface area contributed by atoms with Crippen LogP contribution in [0.3, 0.4) is 0 Å². The van der Waals surface area contributed by atoms with Crippen LogP contribution in [0.15, 0.2) is 45.5 Å². The maximum absolute atomic E-state index is 5.72. The van der Waals surface area contributed by atoms with Crippen molar-refractivity contribution in [2.75, 3.05) is 19.4 Å². The number of rotatable bonds is 5.